The van der Waals surface area contributed by atoms with Crippen LogP contribution >= 0.6 is 0 Å². The molecule has 8 heteroatoms. The van der Waals surface area contributed by atoms with Crippen LogP contribution < -0.4 is 10.2 Å². The number of hydrogen-bond donors (Lipinski definition) is 1. The van der Waals surface area contributed by atoms with Crippen molar-refractivity contribution < 1.29 is 9.59 Å². The van der Waals surface area contributed by atoms with Crippen LogP contribution in [0.3, 0.4) is 0 Å². The monoisotopic (exact) mass is 390 g/mol. The number of carbonyl (C=O) groups is 2. The molecule has 8 nitrogen and oxygen atoms in total. The average Bonchev–Trinajstić information content (AvgIpc) is 3.42. The molecule has 0 spiro atoms. The van der Waals surface area contributed by atoms with E-state index in [1.54, 1.807) is 22.1 Å². The van der Waals surface area contributed by atoms with Crippen LogP contribution in [0.1, 0.15) is 24.5 Å². The third kappa shape index (κ3) is 4.01. The summed E-state index contributed by atoms with van der Waals surface area (Å²) in [5.74, 6) is 0.0729. The highest BCUT2D eigenvalue weighted by atomic mass is 16.2. The minimum atomic E-state index is -0.375. The van der Waals surface area contributed by atoms with E-state index in [4.69, 9.17) is 0 Å². The lowest BCUT2D eigenvalue weighted by Crippen LogP contribution is -2.33. The van der Waals surface area contributed by atoms with E-state index in [0.29, 0.717) is 18.9 Å². The van der Waals surface area contributed by atoms with Gasteiger partial charge >= 0.3 is 0 Å². The number of amides is 2. The lowest BCUT2D eigenvalue weighted by Gasteiger charge is -2.17. The molecule has 0 radical (unpaired) electrons. The number of nitrogens with zero attached hydrogens (tertiary/aromatic N) is 5. The molecule has 0 saturated carbocycles. The molecule has 0 aliphatic carbocycles. The lowest BCUT2D eigenvalue weighted by atomic mass is 10.1. The smallest absolute Gasteiger partial charge is 0.227 e. The van der Waals surface area contributed by atoms with Gasteiger partial charge in [0, 0.05) is 37.0 Å². The van der Waals surface area contributed by atoms with Gasteiger partial charge in [-0.2, -0.15) is 5.10 Å². The molecular formula is C21H22N6O2. The van der Waals surface area contributed by atoms with Gasteiger partial charge < -0.3 is 10.2 Å². The number of benzene rings is 1. The molecule has 1 atom stereocenters. The Bertz CT molecular complexity index is 1000. The second-order valence-corrected chi connectivity index (χ2v) is 6.97. The summed E-state index contributed by atoms with van der Waals surface area (Å²) in [7, 11) is 0. The first-order valence-electron chi connectivity index (χ1n) is 9.61. The third-order valence-corrected chi connectivity index (χ3v) is 5.11. The number of rotatable bonds is 6. The molecule has 2 aromatic heterocycles. The van der Waals surface area contributed by atoms with Gasteiger partial charge in [-0.1, -0.05) is 25.1 Å². The van der Waals surface area contributed by atoms with E-state index >= 15 is 0 Å². The fraction of sp³-hybridized carbons (Fsp3) is 0.286. The molecule has 1 fully saturated rings. The molecule has 2 amide bonds. The summed E-state index contributed by atoms with van der Waals surface area (Å²) in [6, 6.07) is 11.6. The van der Waals surface area contributed by atoms with E-state index in [-0.39, 0.29) is 24.2 Å². The summed E-state index contributed by atoms with van der Waals surface area (Å²) in [5, 5.41) is 7.03. The highest BCUT2D eigenvalue weighted by molar-refractivity contribution is 6.00. The van der Waals surface area contributed by atoms with E-state index < -0.39 is 0 Å². The zero-order chi connectivity index (χ0) is 20.2. The standard InChI is InChI=1S/C21H22N6O2/c1-2-15-5-7-18(8-6-15)26-12-17(10-19(26)28)21(29)24-11-16-4-3-9-23-20(16)27-14-22-13-25-27/h3-9,13-14,17H,2,10-12H2,1H3,(H,24,29). The fourth-order valence-corrected chi connectivity index (χ4v) is 3.46. The minimum absolute atomic E-state index is 0.0286. The highest BCUT2D eigenvalue weighted by Gasteiger charge is 2.35. The van der Waals surface area contributed by atoms with Crippen LogP contribution in [-0.4, -0.2) is 38.1 Å². The lowest BCUT2D eigenvalue weighted by molar-refractivity contribution is -0.126. The SMILES string of the molecule is CCc1ccc(N2CC(C(=O)NCc3cccnc3-n3cncn3)CC2=O)cc1. The van der Waals surface area contributed by atoms with Crippen molar-refractivity contribution in [2.24, 2.45) is 5.92 Å². The quantitative estimate of drug-likeness (QED) is 0.694. The van der Waals surface area contributed by atoms with E-state index in [9.17, 15) is 9.59 Å². The number of anilines is 1. The van der Waals surface area contributed by atoms with Crippen molar-refractivity contribution in [2.75, 3.05) is 11.4 Å². The van der Waals surface area contributed by atoms with E-state index in [1.165, 1.54) is 11.9 Å². The van der Waals surface area contributed by atoms with Crippen LogP contribution in [0.5, 0.6) is 0 Å². The molecule has 1 N–H and O–H groups in total. The molecule has 0 bridgehead atoms. The fourth-order valence-electron chi connectivity index (χ4n) is 3.46. The van der Waals surface area contributed by atoms with Crippen LogP contribution in [0, 0.1) is 5.92 Å². The molecule has 4 rings (SSSR count). The number of pyridine rings is 1. The van der Waals surface area contributed by atoms with E-state index in [2.05, 4.69) is 27.3 Å². The summed E-state index contributed by atoms with van der Waals surface area (Å²) >= 11 is 0. The van der Waals surface area contributed by atoms with E-state index in [1.807, 2.05) is 36.4 Å². The zero-order valence-electron chi connectivity index (χ0n) is 16.2. The summed E-state index contributed by atoms with van der Waals surface area (Å²) < 4.78 is 1.56. The van der Waals surface area contributed by atoms with Crippen molar-refractivity contribution in [1.29, 1.82) is 0 Å². The Morgan fingerprint density at radius 1 is 1.24 bits per heavy atom. The first-order chi connectivity index (χ1) is 14.2. The highest BCUT2D eigenvalue weighted by Crippen LogP contribution is 2.25. The van der Waals surface area contributed by atoms with Crippen molar-refractivity contribution in [1.82, 2.24) is 25.1 Å². The van der Waals surface area contributed by atoms with Gasteiger partial charge in [-0.3, -0.25) is 9.59 Å². The summed E-state index contributed by atoms with van der Waals surface area (Å²) in [6.07, 6.45) is 5.82. The summed E-state index contributed by atoms with van der Waals surface area (Å²) in [6.45, 7) is 2.78. The topological polar surface area (TPSA) is 93.0 Å². The van der Waals surface area contributed by atoms with Crippen LogP contribution in [0.15, 0.2) is 55.2 Å². The van der Waals surface area contributed by atoms with Crippen LogP contribution in [0.2, 0.25) is 0 Å². The second kappa shape index (κ2) is 8.22. The first-order valence-corrected chi connectivity index (χ1v) is 9.61. The Hall–Kier alpha value is -3.55. The zero-order valence-corrected chi connectivity index (χ0v) is 16.2. The van der Waals surface area contributed by atoms with Gasteiger partial charge in [-0.15, -0.1) is 0 Å². The van der Waals surface area contributed by atoms with Crippen LogP contribution in [-0.2, 0) is 22.6 Å². The third-order valence-electron chi connectivity index (χ3n) is 5.11. The molecule has 1 saturated heterocycles. The van der Waals surface area contributed by atoms with Crippen molar-refractivity contribution in [3.63, 3.8) is 0 Å². The largest absolute Gasteiger partial charge is 0.352 e. The van der Waals surface area contributed by atoms with Gasteiger partial charge in [0.2, 0.25) is 11.8 Å². The Balaban J connectivity index is 1.40. The van der Waals surface area contributed by atoms with Crippen molar-refractivity contribution in [2.45, 2.75) is 26.3 Å². The van der Waals surface area contributed by atoms with Gasteiger partial charge in [0.05, 0.1) is 5.92 Å². The molecule has 1 aliphatic rings. The van der Waals surface area contributed by atoms with Crippen molar-refractivity contribution in [3.8, 4) is 5.82 Å². The van der Waals surface area contributed by atoms with Gasteiger partial charge in [0.1, 0.15) is 12.7 Å². The van der Waals surface area contributed by atoms with Gasteiger partial charge in [0.15, 0.2) is 5.82 Å². The number of aromatic nitrogens is 4. The maximum atomic E-state index is 12.7. The van der Waals surface area contributed by atoms with Gasteiger partial charge in [0.25, 0.3) is 0 Å². The Kier molecular flexibility index (Phi) is 5.33. The normalized spacial score (nSPS) is 16.2. The van der Waals surface area contributed by atoms with Crippen molar-refractivity contribution in [3.05, 3.63) is 66.4 Å². The van der Waals surface area contributed by atoms with Crippen LogP contribution in [0.25, 0.3) is 5.82 Å². The Morgan fingerprint density at radius 3 is 2.79 bits per heavy atom. The van der Waals surface area contributed by atoms with Gasteiger partial charge in [-0.25, -0.2) is 14.6 Å². The molecular weight excluding hydrogens is 368 g/mol. The Morgan fingerprint density at radius 2 is 2.07 bits per heavy atom. The molecule has 29 heavy (non-hydrogen) atoms. The number of carbonyl (C=O) groups excluding carboxylic acids is 2. The maximum absolute atomic E-state index is 12.7. The minimum Gasteiger partial charge on any atom is -0.352 e. The summed E-state index contributed by atoms with van der Waals surface area (Å²) in [5.41, 5.74) is 2.88. The first kappa shape index (κ1) is 18.8. The molecule has 148 valence electrons. The van der Waals surface area contributed by atoms with Crippen LogP contribution in [0.4, 0.5) is 5.69 Å². The molecule has 1 aromatic carbocycles. The predicted octanol–water partition coefficient (Wildman–Crippen LogP) is 1.89. The maximum Gasteiger partial charge on any atom is 0.227 e. The molecule has 3 heterocycles. The molecule has 1 unspecified atom stereocenters. The summed E-state index contributed by atoms with van der Waals surface area (Å²) in [4.78, 5) is 35.1. The molecule has 3 aromatic rings. The second-order valence-electron chi connectivity index (χ2n) is 6.97. The predicted molar refractivity (Wildman–Crippen MR) is 107 cm³/mol. The number of nitrogens with one attached hydrogen (secondary N) is 1. The average molecular weight is 390 g/mol. The molecule has 1 aliphatic heterocycles. The number of aryl methyl sites for hydroxylation is 1. The Labute approximate surface area is 168 Å². The van der Waals surface area contributed by atoms with E-state index in [0.717, 1.165) is 17.7 Å². The number of hydrogen-bond acceptors (Lipinski definition) is 5. The van der Waals surface area contributed by atoms with Gasteiger partial charge in [-0.05, 0) is 30.2 Å². The van der Waals surface area contributed by atoms with Crippen molar-refractivity contribution >= 4 is 17.5 Å².